The van der Waals surface area contributed by atoms with Gasteiger partial charge in [-0.15, -0.1) is 0 Å². The first-order valence-electron chi connectivity index (χ1n) is 12.2. The molecular formula is C25H31N7O6S. The summed E-state index contributed by atoms with van der Waals surface area (Å²) >= 11 is 0. The Morgan fingerprint density at radius 1 is 1.00 bits per heavy atom. The van der Waals surface area contributed by atoms with Crippen molar-refractivity contribution in [2.45, 2.75) is 18.0 Å². The topological polar surface area (TPSA) is 201 Å². The van der Waals surface area contributed by atoms with Crippen molar-refractivity contribution in [2.75, 3.05) is 44.3 Å². The summed E-state index contributed by atoms with van der Waals surface area (Å²) in [5, 5.41) is 15.1. The molecule has 208 valence electrons. The molecule has 0 spiro atoms. The van der Waals surface area contributed by atoms with Crippen LogP contribution in [0.1, 0.15) is 27.1 Å². The first-order valence-corrected chi connectivity index (χ1v) is 14.1. The number of sulfonamides is 1. The second kappa shape index (κ2) is 11.1. The number of carbonyl (C=O) groups is 3. The first-order chi connectivity index (χ1) is 18.4. The van der Waals surface area contributed by atoms with Crippen molar-refractivity contribution in [3.63, 3.8) is 0 Å². The van der Waals surface area contributed by atoms with Crippen LogP contribution in [0, 0.1) is 0 Å². The number of ketones is 1. The number of benzene rings is 2. The number of rotatable bonds is 8. The maximum Gasteiger partial charge on any atom is 0.335 e. The summed E-state index contributed by atoms with van der Waals surface area (Å²) in [6.45, 7) is 1.92. The minimum absolute atomic E-state index is 0.0620. The molecule has 0 aromatic heterocycles. The zero-order chi connectivity index (χ0) is 28.4. The van der Waals surface area contributed by atoms with Crippen molar-refractivity contribution in [1.29, 1.82) is 0 Å². The van der Waals surface area contributed by atoms with Crippen LogP contribution in [0.2, 0.25) is 0 Å². The zero-order valence-electron chi connectivity index (χ0n) is 21.3. The number of aromatic carboxylic acids is 1. The number of Topliss-reactive ketones (excluding diaryl/α,β-unsaturated/α-hetero) is 1. The molecule has 2 aliphatic heterocycles. The number of nitrogens with two attached hydrogens (primary N) is 2. The minimum Gasteiger partial charge on any atom is -0.478 e. The van der Waals surface area contributed by atoms with Crippen LogP contribution in [-0.4, -0.2) is 96.9 Å². The highest BCUT2D eigenvalue weighted by Gasteiger charge is 2.52. The summed E-state index contributed by atoms with van der Waals surface area (Å²) in [5.74, 6) is -2.26. The highest BCUT2D eigenvalue weighted by Crippen LogP contribution is 2.30. The number of aliphatic imine (C=N–C) groups is 1. The lowest BCUT2D eigenvalue weighted by molar-refractivity contribution is -0.120. The highest BCUT2D eigenvalue weighted by molar-refractivity contribution is 7.88. The Morgan fingerprint density at radius 3 is 2.13 bits per heavy atom. The summed E-state index contributed by atoms with van der Waals surface area (Å²) in [7, 11) is -3.30. The van der Waals surface area contributed by atoms with E-state index in [0.29, 0.717) is 44.1 Å². The fourth-order valence-corrected chi connectivity index (χ4v) is 5.74. The van der Waals surface area contributed by atoms with Gasteiger partial charge < -0.3 is 21.9 Å². The molecule has 13 nitrogen and oxygen atoms in total. The van der Waals surface area contributed by atoms with Crippen LogP contribution >= 0.6 is 0 Å². The largest absolute Gasteiger partial charge is 0.478 e. The van der Waals surface area contributed by atoms with Crippen LogP contribution in [0.4, 0.5) is 11.4 Å². The van der Waals surface area contributed by atoms with E-state index in [0.717, 1.165) is 0 Å². The van der Waals surface area contributed by atoms with Crippen LogP contribution in [-0.2, 0) is 14.8 Å². The average Bonchev–Trinajstić information content (AvgIpc) is 3.35. The fraction of sp³-hybridized carbons (Fsp3) is 0.360. The number of guanidine groups is 1. The van der Waals surface area contributed by atoms with Crippen molar-refractivity contribution in [2.24, 2.45) is 16.5 Å². The molecule has 2 atom stereocenters. The number of carboxylic acid groups (broad SMARTS) is 1. The van der Waals surface area contributed by atoms with Crippen LogP contribution in [0.15, 0.2) is 53.5 Å². The molecule has 2 fully saturated rings. The molecular weight excluding hydrogens is 526 g/mol. The van der Waals surface area contributed by atoms with Gasteiger partial charge >= 0.3 is 5.97 Å². The Morgan fingerprint density at radius 2 is 1.59 bits per heavy atom. The standard InChI is InChI=1S/C25H31N7O6S/c1-39(37,38)32-12-10-31(11-13-32)20-14-25(28-15-20,21(33)16-2-6-19(7-3-16)30-24(26)27)23(36)29-18-8-4-17(5-9-18)22(34)35/h2-9,20,28H,10-15H2,1H3,(H,29,36)(H,34,35)(H4,26,27,30)/t20-,25-/m0/s1. The second-order valence-electron chi connectivity index (χ2n) is 9.59. The van der Waals surface area contributed by atoms with Gasteiger partial charge in [-0.2, -0.15) is 4.31 Å². The van der Waals surface area contributed by atoms with Gasteiger partial charge in [-0.05, 0) is 55.0 Å². The number of piperazine rings is 1. The molecule has 2 aliphatic rings. The number of anilines is 1. The Kier molecular flexibility index (Phi) is 8.02. The van der Waals surface area contributed by atoms with E-state index in [2.05, 4.69) is 20.5 Å². The van der Waals surface area contributed by atoms with Crippen LogP contribution in [0.3, 0.4) is 0 Å². The molecule has 0 bridgehead atoms. The number of nitrogens with zero attached hydrogens (tertiary/aromatic N) is 3. The third-order valence-electron chi connectivity index (χ3n) is 6.99. The van der Waals surface area contributed by atoms with Crippen LogP contribution in [0.5, 0.6) is 0 Å². The van der Waals surface area contributed by atoms with Gasteiger partial charge in [0, 0.05) is 50.0 Å². The van der Waals surface area contributed by atoms with Crippen LogP contribution < -0.4 is 22.1 Å². The van der Waals surface area contributed by atoms with Gasteiger partial charge in [0.1, 0.15) is 0 Å². The molecule has 2 saturated heterocycles. The zero-order valence-corrected chi connectivity index (χ0v) is 22.1. The van der Waals surface area contributed by atoms with Gasteiger partial charge in [-0.1, -0.05) is 0 Å². The van der Waals surface area contributed by atoms with Gasteiger partial charge in [0.25, 0.3) is 5.91 Å². The van der Waals surface area contributed by atoms with E-state index in [1.165, 1.54) is 34.8 Å². The lowest BCUT2D eigenvalue weighted by Crippen LogP contribution is -2.57. The van der Waals surface area contributed by atoms with Crippen molar-refractivity contribution in [1.82, 2.24) is 14.5 Å². The van der Waals surface area contributed by atoms with Crippen LogP contribution in [0.25, 0.3) is 0 Å². The molecule has 7 N–H and O–H groups in total. The number of carbonyl (C=O) groups excluding carboxylic acids is 2. The number of carboxylic acids is 1. The minimum atomic E-state index is -3.30. The van der Waals surface area contributed by atoms with Gasteiger partial charge in [-0.3, -0.25) is 19.8 Å². The lowest BCUT2D eigenvalue weighted by atomic mass is 9.85. The molecule has 39 heavy (non-hydrogen) atoms. The second-order valence-corrected chi connectivity index (χ2v) is 11.6. The van der Waals surface area contributed by atoms with E-state index in [-0.39, 0.29) is 29.5 Å². The monoisotopic (exact) mass is 557 g/mol. The molecule has 0 radical (unpaired) electrons. The normalized spacial score (nSPS) is 22.2. The summed E-state index contributed by atoms with van der Waals surface area (Å²) in [6.07, 6.45) is 1.33. The Hall–Kier alpha value is -3.85. The van der Waals surface area contributed by atoms with E-state index >= 15 is 0 Å². The van der Waals surface area contributed by atoms with Gasteiger partial charge in [-0.25, -0.2) is 18.2 Å². The van der Waals surface area contributed by atoms with E-state index in [4.69, 9.17) is 16.6 Å². The third-order valence-corrected chi connectivity index (χ3v) is 8.30. The summed E-state index contributed by atoms with van der Waals surface area (Å²) in [6, 6.07) is 11.7. The molecule has 0 unspecified atom stereocenters. The van der Waals surface area contributed by atoms with Crippen molar-refractivity contribution in [3.8, 4) is 0 Å². The predicted octanol–water partition coefficient (Wildman–Crippen LogP) is -0.211. The number of hydrogen-bond acceptors (Lipinski definition) is 8. The predicted molar refractivity (Wildman–Crippen MR) is 145 cm³/mol. The van der Waals surface area contributed by atoms with E-state index in [9.17, 15) is 22.8 Å². The first kappa shape index (κ1) is 28.2. The number of hydrogen-bond donors (Lipinski definition) is 5. The Balaban J connectivity index is 1.59. The maximum atomic E-state index is 13.9. The molecule has 2 aromatic rings. The van der Waals surface area contributed by atoms with Gasteiger partial charge in [0.05, 0.1) is 17.5 Å². The van der Waals surface area contributed by atoms with Crippen molar-refractivity contribution >= 4 is 45.0 Å². The molecule has 2 heterocycles. The Bertz CT molecular complexity index is 1380. The summed E-state index contributed by atoms with van der Waals surface area (Å²) < 4.78 is 25.2. The highest BCUT2D eigenvalue weighted by atomic mass is 32.2. The van der Waals surface area contributed by atoms with E-state index in [1.807, 2.05) is 0 Å². The van der Waals surface area contributed by atoms with Crippen molar-refractivity contribution < 1.29 is 27.9 Å². The smallest absolute Gasteiger partial charge is 0.335 e. The molecule has 1 amide bonds. The summed E-state index contributed by atoms with van der Waals surface area (Å²) in [5.41, 5.74) is 10.4. The average molecular weight is 558 g/mol. The summed E-state index contributed by atoms with van der Waals surface area (Å²) in [4.78, 5) is 44.8. The fourth-order valence-electron chi connectivity index (χ4n) is 4.91. The van der Waals surface area contributed by atoms with Gasteiger partial charge in [0.15, 0.2) is 17.3 Å². The molecule has 0 aliphatic carbocycles. The molecule has 2 aromatic carbocycles. The quantitative estimate of drug-likeness (QED) is 0.125. The molecule has 0 saturated carbocycles. The molecule has 4 rings (SSSR count). The van der Waals surface area contributed by atoms with E-state index < -0.39 is 33.2 Å². The number of nitrogens with one attached hydrogen (secondary N) is 2. The van der Waals surface area contributed by atoms with Crippen molar-refractivity contribution in [3.05, 3.63) is 59.7 Å². The third kappa shape index (κ3) is 6.25. The van der Waals surface area contributed by atoms with Gasteiger partial charge in [0.2, 0.25) is 10.0 Å². The molecule has 14 heteroatoms. The maximum absolute atomic E-state index is 13.9. The lowest BCUT2D eigenvalue weighted by Gasteiger charge is -2.37. The van der Waals surface area contributed by atoms with E-state index in [1.54, 1.807) is 24.3 Å². The Labute approximate surface area is 225 Å². The number of amides is 1. The SMILES string of the molecule is CS(=O)(=O)N1CCN([C@@H]2CN[C@](C(=O)Nc3ccc(C(=O)O)cc3)(C(=O)c3ccc(N=C(N)N)cc3)C2)CC1.